The highest BCUT2D eigenvalue weighted by Crippen LogP contribution is 2.31. The van der Waals surface area contributed by atoms with Crippen molar-refractivity contribution in [3.63, 3.8) is 0 Å². The standard InChI is InChI=1S/C24H32N2O4/c1-5-14-29-21-13-12-20(16-22(21)30-15-6-2)18(3)25-23(27)17-26(4)24(28)19-10-8-7-9-11-19/h7-13,16,18H,5-6,14-15,17H2,1-4H3,(H,25,27). The van der Waals surface area contributed by atoms with Crippen molar-refractivity contribution < 1.29 is 19.1 Å². The van der Waals surface area contributed by atoms with Gasteiger partial charge in [-0.1, -0.05) is 38.1 Å². The largest absolute Gasteiger partial charge is 0.490 e. The van der Waals surface area contributed by atoms with Crippen LogP contribution in [0.4, 0.5) is 0 Å². The number of carbonyl (C=O) groups excluding carboxylic acids is 2. The van der Waals surface area contributed by atoms with Crippen LogP contribution < -0.4 is 14.8 Å². The molecule has 2 aromatic carbocycles. The first kappa shape index (κ1) is 23.3. The summed E-state index contributed by atoms with van der Waals surface area (Å²) < 4.78 is 11.6. The number of carbonyl (C=O) groups is 2. The van der Waals surface area contributed by atoms with Gasteiger partial charge in [-0.15, -0.1) is 0 Å². The van der Waals surface area contributed by atoms with Gasteiger partial charge in [-0.05, 0) is 49.6 Å². The summed E-state index contributed by atoms with van der Waals surface area (Å²) in [5, 5.41) is 2.95. The maximum absolute atomic E-state index is 12.5. The lowest BCUT2D eigenvalue weighted by atomic mass is 10.1. The van der Waals surface area contributed by atoms with Crippen LogP contribution in [-0.2, 0) is 4.79 Å². The molecule has 0 aliphatic heterocycles. The van der Waals surface area contributed by atoms with Gasteiger partial charge in [0.15, 0.2) is 11.5 Å². The summed E-state index contributed by atoms with van der Waals surface area (Å²) in [4.78, 5) is 26.3. The van der Waals surface area contributed by atoms with Crippen molar-refractivity contribution in [1.29, 1.82) is 0 Å². The Bertz CT molecular complexity index is 823. The minimum absolute atomic E-state index is 0.0189. The monoisotopic (exact) mass is 412 g/mol. The van der Waals surface area contributed by atoms with E-state index in [0.29, 0.717) is 30.3 Å². The highest BCUT2D eigenvalue weighted by molar-refractivity contribution is 5.96. The van der Waals surface area contributed by atoms with Gasteiger partial charge in [-0.25, -0.2) is 0 Å². The molecule has 162 valence electrons. The van der Waals surface area contributed by atoms with Crippen LogP contribution in [0.25, 0.3) is 0 Å². The number of nitrogens with zero attached hydrogens (tertiary/aromatic N) is 1. The molecule has 1 N–H and O–H groups in total. The van der Waals surface area contributed by atoms with Gasteiger partial charge in [0.1, 0.15) is 0 Å². The number of hydrogen-bond acceptors (Lipinski definition) is 4. The van der Waals surface area contributed by atoms with E-state index in [4.69, 9.17) is 9.47 Å². The van der Waals surface area contributed by atoms with Gasteiger partial charge in [-0.2, -0.15) is 0 Å². The zero-order chi connectivity index (χ0) is 21.9. The van der Waals surface area contributed by atoms with Crippen LogP contribution in [-0.4, -0.2) is 43.5 Å². The fourth-order valence-corrected chi connectivity index (χ4v) is 2.91. The molecule has 0 aliphatic rings. The zero-order valence-electron chi connectivity index (χ0n) is 18.3. The summed E-state index contributed by atoms with van der Waals surface area (Å²) in [6, 6.07) is 14.4. The maximum atomic E-state index is 12.5. The third-order valence-corrected chi connectivity index (χ3v) is 4.52. The van der Waals surface area contributed by atoms with Gasteiger partial charge < -0.3 is 19.7 Å². The number of nitrogens with one attached hydrogen (secondary N) is 1. The topological polar surface area (TPSA) is 67.9 Å². The average molecular weight is 413 g/mol. The van der Waals surface area contributed by atoms with Crippen LogP contribution in [0.1, 0.15) is 55.6 Å². The van der Waals surface area contributed by atoms with Gasteiger partial charge in [0, 0.05) is 12.6 Å². The molecule has 30 heavy (non-hydrogen) atoms. The molecule has 0 saturated heterocycles. The average Bonchev–Trinajstić information content (AvgIpc) is 2.76. The second kappa shape index (κ2) is 11.9. The Morgan fingerprint density at radius 1 is 0.967 bits per heavy atom. The van der Waals surface area contributed by atoms with Crippen molar-refractivity contribution in [3.05, 3.63) is 59.7 Å². The quantitative estimate of drug-likeness (QED) is 0.600. The molecule has 2 rings (SSSR count). The van der Waals surface area contributed by atoms with Gasteiger partial charge >= 0.3 is 0 Å². The van der Waals surface area contributed by atoms with E-state index < -0.39 is 0 Å². The lowest BCUT2D eigenvalue weighted by Gasteiger charge is -2.21. The Hall–Kier alpha value is -3.02. The lowest BCUT2D eigenvalue weighted by molar-refractivity contribution is -0.122. The SMILES string of the molecule is CCCOc1ccc(C(C)NC(=O)CN(C)C(=O)c2ccccc2)cc1OCCC. The molecule has 1 unspecified atom stereocenters. The van der Waals surface area contributed by atoms with Crippen LogP contribution >= 0.6 is 0 Å². The van der Waals surface area contributed by atoms with Gasteiger partial charge in [0.05, 0.1) is 25.8 Å². The smallest absolute Gasteiger partial charge is 0.254 e. The summed E-state index contributed by atoms with van der Waals surface area (Å²) in [5.41, 5.74) is 1.47. The second-order valence-electron chi connectivity index (χ2n) is 7.22. The lowest BCUT2D eigenvalue weighted by Crippen LogP contribution is -2.39. The molecule has 0 aliphatic carbocycles. The fraction of sp³-hybridized carbons (Fsp3) is 0.417. The van der Waals surface area contributed by atoms with Crippen molar-refractivity contribution in [2.75, 3.05) is 26.8 Å². The van der Waals surface area contributed by atoms with E-state index in [1.165, 1.54) is 4.90 Å². The van der Waals surface area contributed by atoms with Crippen molar-refractivity contribution in [1.82, 2.24) is 10.2 Å². The molecule has 6 heteroatoms. The van der Waals surface area contributed by atoms with Crippen LogP contribution in [0.15, 0.2) is 48.5 Å². The third kappa shape index (κ3) is 6.79. The Balaban J connectivity index is 2.00. The van der Waals surface area contributed by atoms with Crippen LogP contribution in [0, 0.1) is 0 Å². The predicted molar refractivity (Wildman–Crippen MR) is 118 cm³/mol. The van der Waals surface area contributed by atoms with Crippen molar-refractivity contribution in [2.24, 2.45) is 0 Å². The molecular formula is C24H32N2O4. The van der Waals surface area contributed by atoms with E-state index in [1.807, 2.05) is 38.1 Å². The number of likely N-dealkylation sites (N-methyl/N-ethyl adjacent to an activating group) is 1. The van der Waals surface area contributed by atoms with Gasteiger partial charge in [-0.3, -0.25) is 9.59 Å². The molecule has 0 aromatic heterocycles. The zero-order valence-corrected chi connectivity index (χ0v) is 18.3. The first-order valence-corrected chi connectivity index (χ1v) is 10.5. The molecule has 0 spiro atoms. The number of hydrogen-bond donors (Lipinski definition) is 1. The fourth-order valence-electron chi connectivity index (χ4n) is 2.91. The Labute approximate surface area is 179 Å². The third-order valence-electron chi connectivity index (χ3n) is 4.52. The molecule has 0 radical (unpaired) electrons. The van der Waals surface area contributed by atoms with Crippen LogP contribution in [0.2, 0.25) is 0 Å². The van der Waals surface area contributed by atoms with Gasteiger partial charge in [0.25, 0.3) is 5.91 Å². The van der Waals surface area contributed by atoms with E-state index in [0.717, 1.165) is 18.4 Å². The number of benzene rings is 2. The number of amides is 2. The minimum Gasteiger partial charge on any atom is -0.490 e. The van der Waals surface area contributed by atoms with E-state index >= 15 is 0 Å². The summed E-state index contributed by atoms with van der Waals surface area (Å²) in [6.07, 6.45) is 1.81. The second-order valence-corrected chi connectivity index (χ2v) is 7.22. The normalized spacial score (nSPS) is 11.5. The first-order chi connectivity index (χ1) is 14.5. The Morgan fingerprint density at radius 3 is 2.23 bits per heavy atom. The number of ether oxygens (including phenoxy) is 2. The molecule has 0 heterocycles. The summed E-state index contributed by atoms with van der Waals surface area (Å²) in [5.74, 6) is 0.976. The molecule has 0 saturated carbocycles. The number of rotatable bonds is 11. The first-order valence-electron chi connectivity index (χ1n) is 10.5. The van der Waals surface area contributed by atoms with Gasteiger partial charge in [0.2, 0.25) is 5.91 Å². The Kier molecular flexibility index (Phi) is 9.19. The molecule has 1 atom stereocenters. The summed E-state index contributed by atoms with van der Waals surface area (Å²) in [6.45, 7) is 7.21. The maximum Gasteiger partial charge on any atom is 0.254 e. The molecular weight excluding hydrogens is 380 g/mol. The van der Waals surface area contributed by atoms with Crippen molar-refractivity contribution >= 4 is 11.8 Å². The highest BCUT2D eigenvalue weighted by Gasteiger charge is 2.17. The molecule has 2 amide bonds. The van der Waals surface area contributed by atoms with E-state index in [2.05, 4.69) is 12.2 Å². The summed E-state index contributed by atoms with van der Waals surface area (Å²) in [7, 11) is 1.62. The van der Waals surface area contributed by atoms with Crippen molar-refractivity contribution in [3.8, 4) is 11.5 Å². The molecule has 0 fully saturated rings. The van der Waals surface area contributed by atoms with E-state index in [9.17, 15) is 9.59 Å². The van der Waals surface area contributed by atoms with E-state index in [-0.39, 0.29) is 24.4 Å². The summed E-state index contributed by atoms with van der Waals surface area (Å²) >= 11 is 0. The molecule has 6 nitrogen and oxygen atoms in total. The minimum atomic E-state index is -0.234. The van der Waals surface area contributed by atoms with Crippen LogP contribution in [0.5, 0.6) is 11.5 Å². The van der Waals surface area contributed by atoms with Crippen LogP contribution in [0.3, 0.4) is 0 Å². The van der Waals surface area contributed by atoms with Crippen molar-refractivity contribution in [2.45, 2.75) is 39.7 Å². The molecule has 0 bridgehead atoms. The Morgan fingerprint density at radius 2 is 1.60 bits per heavy atom. The molecule has 2 aromatic rings. The van der Waals surface area contributed by atoms with E-state index in [1.54, 1.807) is 31.3 Å². The highest BCUT2D eigenvalue weighted by atomic mass is 16.5. The predicted octanol–water partition coefficient (Wildman–Crippen LogP) is 4.21.